The van der Waals surface area contributed by atoms with Gasteiger partial charge >= 0.3 is 0 Å². The molecule has 0 aliphatic rings. The molecule has 2 N–H and O–H groups in total. The van der Waals surface area contributed by atoms with Gasteiger partial charge in [-0.1, -0.05) is 0 Å². The summed E-state index contributed by atoms with van der Waals surface area (Å²) in [5, 5.41) is 14.5. The fraction of sp³-hybridized carbons (Fsp3) is 0.167. The maximum Gasteiger partial charge on any atom is 0.127 e. The number of thiophene rings is 1. The highest BCUT2D eigenvalue weighted by molar-refractivity contribution is 9.10. The van der Waals surface area contributed by atoms with E-state index in [-0.39, 0.29) is 5.75 Å². The van der Waals surface area contributed by atoms with E-state index in [1.54, 1.807) is 17.4 Å². The summed E-state index contributed by atoms with van der Waals surface area (Å²) in [5.41, 5.74) is 0.732. The Morgan fingerprint density at radius 1 is 1.29 bits per heavy atom. The third kappa shape index (κ3) is 3.52. The number of phenols is 1. The lowest BCUT2D eigenvalue weighted by atomic mass is 10.2. The Balaban J connectivity index is 1.92. The molecule has 0 aliphatic heterocycles. The van der Waals surface area contributed by atoms with Crippen LogP contribution in [0.15, 0.2) is 34.1 Å². The molecule has 17 heavy (non-hydrogen) atoms. The van der Waals surface area contributed by atoms with Gasteiger partial charge in [-0.25, -0.2) is 4.39 Å². The third-order valence-corrected chi connectivity index (χ3v) is 4.17. The minimum absolute atomic E-state index is 0.0425. The van der Waals surface area contributed by atoms with Crippen LogP contribution in [0.2, 0.25) is 0 Å². The van der Waals surface area contributed by atoms with Gasteiger partial charge in [0, 0.05) is 28.5 Å². The van der Waals surface area contributed by atoms with E-state index in [2.05, 4.69) is 21.2 Å². The first-order chi connectivity index (χ1) is 8.15. The van der Waals surface area contributed by atoms with E-state index in [0.29, 0.717) is 6.54 Å². The monoisotopic (exact) mass is 315 g/mol. The van der Waals surface area contributed by atoms with Gasteiger partial charge in [0.1, 0.15) is 11.6 Å². The molecule has 5 heteroatoms. The van der Waals surface area contributed by atoms with Gasteiger partial charge in [0.05, 0.1) is 0 Å². The van der Waals surface area contributed by atoms with Crippen molar-refractivity contribution in [3.05, 3.63) is 50.4 Å². The highest BCUT2D eigenvalue weighted by Crippen LogP contribution is 2.22. The Morgan fingerprint density at radius 2 is 2.12 bits per heavy atom. The largest absolute Gasteiger partial charge is 0.508 e. The molecular weight excluding hydrogens is 305 g/mol. The normalized spacial score (nSPS) is 10.7. The topological polar surface area (TPSA) is 32.3 Å². The fourth-order valence-electron chi connectivity index (χ4n) is 1.51. The van der Waals surface area contributed by atoms with Gasteiger partial charge in [-0.05, 0) is 45.1 Å². The van der Waals surface area contributed by atoms with Gasteiger partial charge in [-0.15, -0.1) is 11.3 Å². The van der Waals surface area contributed by atoms with Crippen LogP contribution in [-0.4, -0.2) is 5.11 Å². The zero-order valence-electron chi connectivity index (χ0n) is 8.91. The van der Waals surface area contributed by atoms with E-state index in [1.165, 1.54) is 10.9 Å². The van der Waals surface area contributed by atoms with E-state index in [9.17, 15) is 9.50 Å². The van der Waals surface area contributed by atoms with E-state index >= 15 is 0 Å². The van der Waals surface area contributed by atoms with Crippen molar-refractivity contribution in [2.24, 2.45) is 0 Å². The van der Waals surface area contributed by atoms with Crippen LogP contribution in [0, 0.1) is 5.82 Å². The summed E-state index contributed by atoms with van der Waals surface area (Å²) in [6, 6.07) is 6.06. The molecule has 0 spiro atoms. The summed E-state index contributed by atoms with van der Waals surface area (Å²) < 4.78 is 14.1. The lowest BCUT2D eigenvalue weighted by Gasteiger charge is -2.05. The Kier molecular flexibility index (Phi) is 4.15. The SMILES string of the molecule is Oc1cc(F)cc(CNCc2sccc2Br)c1. The number of benzene rings is 1. The second-order valence-corrected chi connectivity index (χ2v) is 5.47. The molecule has 0 unspecified atom stereocenters. The molecule has 1 heterocycles. The lowest BCUT2D eigenvalue weighted by Crippen LogP contribution is -2.12. The van der Waals surface area contributed by atoms with E-state index in [1.807, 2.05) is 11.4 Å². The van der Waals surface area contributed by atoms with Crippen LogP contribution in [0.3, 0.4) is 0 Å². The standard InChI is InChI=1S/C12H11BrFNOS/c13-11-1-2-17-12(11)7-15-6-8-3-9(14)5-10(16)4-8/h1-5,15-16H,6-7H2. The van der Waals surface area contributed by atoms with Crippen molar-refractivity contribution in [2.45, 2.75) is 13.1 Å². The summed E-state index contributed by atoms with van der Waals surface area (Å²) in [7, 11) is 0. The number of hydrogen-bond donors (Lipinski definition) is 2. The number of halogens is 2. The van der Waals surface area contributed by atoms with Crippen LogP contribution in [0.1, 0.15) is 10.4 Å². The highest BCUT2D eigenvalue weighted by atomic mass is 79.9. The molecule has 0 saturated heterocycles. The first kappa shape index (κ1) is 12.5. The van der Waals surface area contributed by atoms with Crippen molar-refractivity contribution in [1.82, 2.24) is 5.32 Å². The maximum absolute atomic E-state index is 13.0. The van der Waals surface area contributed by atoms with Gasteiger partial charge < -0.3 is 10.4 Å². The van der Waals surface area contributed by atoms with Crippen molar-refractivity contribution in [1.29, 1.82) is 0 Å². The Labute approximate surface area is 111 Å². The molecule has 0 amide bonds. The second-order valence-electron chi connectivity index (χ2n) is 3.61. The molecule has 2 rings (SSSR count). The smallest absolute Gasteiger partial charge is 0.127 e. The molecule has 0 fully saturated rings. The number of nitrogens with one attached hydrogen (secondary N) is 1. The fourth-order valence-corrected chi connectivity index (χ4v) is 2.97. The summed E-state index contributed by atoms with van der Waals surface area (Å²) in [5.74, 6) is -0.460. The lowest BCUT2D eigenvalue weighted by molar-refractivity contribution is 0.467. The molecule has 0 atom stereocenters. The number of phenolic OH excluding ortho intramolecular Hbond substituents is 1. The summed E-state index contributed by atoms with van der Waals surface area (Å²) in [6.07, 6.45) is 0. The van der Waals surface area contributed by atoms with E-state index in [0.717, 1.165) is 22.6 Å². The van der Waals surface area contributed by atoms with Crippen molar-refractivity contribution in [2.75, 3.05) is 0 Å². The van der Waals surface area contributed by atoms with Gasteiger partial charge in [0.25, 0.3) is 0 Å². The molecule has 1 aromatic carbocycles. The van der Waals surface area contributed by atoms with E-state index in [4.69, 9.17) is 0 Å². The molecule has 0 radical (unpaired) electrons. The Hall–Kier alpha value is -0.910. The molecule has 0 saturated carbocycles. The van der Waals surface area contributed by atoms with Crippen molar-refractivity contribution >= 4 is 27.3 Å². The number of aromatic hydroxyl groups is 1. The van der Waals surface area contributed by atoms with Crippen LogP contribution < -0.4 is 5.32 Å². The first-order valence-corrected chi connectivity index (χ1v) is 6.73. The van der Waals surface area contributed by atoms with E-state index < -0.39 is 5.82 Å². The van der Waals surface area contributed by atoms with Gasteiger partial charge in [-0.3, -0.25) is 0 Å². The molecule has 0 aliphatic carbocycles. The van der Waals surface area contributed by atoms with Crippen LogP contribution in [-0.2, 0) is 13.1 Å². The molecule has 1 aromatic heterocycles. The van der Waals surface area contributed by atoms with Crippen molar-refractivity contribution < 1.29 is 9.50 Å². The molecule has 90 valence electrons. The van der Waals surface area contributed by atoms with Crippen LogP contribution in [0.5, 0.6) is 5.75 Å². The molecule has 0 bridgehead atoms. The summed E-state index contributed by atoms with van der Waals surface area (Å²) in [4.78, 5) is 1.20. The zero-order valence-corrected chi connectivity index (χ0v) is 11.3. The predicted molar refractivity (Wildman–Crippen MR) is 70.6 cm³/mol. The van der Waals surface area contributed by atoms with Crippen LogP contribution in [0.4, 0.5) is 4.39 Å². The van der Waals surface area contributed by atoms with Gasteiger partial charge in [0.15, 0.2) is 0 Å². The maximum atomic E-state index is 13.0. The van der Waals surface area contributed by atoms with Crippen LogP contribution >= 0.6 is 27.3 Å². The zero-order chi connectivity index (χ0) is 12.3. The number of rotatable bonds is 4. The summed E-state index contributed by atoms with van der Waals surface area (Å²) in [6.45, 7) is 1.24. The van der Waals surface area contributed by atoms with Crippen LogP contribution in [0.25, 0.3) is 0 Å². The molecular formula is C12H11BrFNOS. The summed E-state index contributed by atoms with van der Waals surface area (Å²) >= 11 is 5.10. The van der Waals surface area contributed by atoms with Crippen molar-refractivity contribution in [3.8, 4) is 5.75 Å². The Morgan fingerprint density at radius 3 is 2.76 bits per heavy atom. The van der Waals surface area contributed by atoms with Gasteiger partial charge in [0.2, 0.25) is 0 Å². The first-order valence-electron chi connectivity index (χ1n) is 5.06. The minimum Gasteiger partial charge on any atom is -0.508 e. The molecule has 2 aromatic rings. The third-order valence-electron chi connectivity index (χ3n) is 2.25. The molecule has 2 nitrogen and oxygen atoms in total. The highest BCUT2D eigenvalue weighted by Gasteiger charge is 2.02. The average Bonchev–Trinajstić information content (AvgIpc) is 2.63. The van der Waals surface area contributed by atoms with Crippen molar-refractivity contribution in [3.63, 3.8) is 0 Å². The Bertz CT molecular complexity index is 495. The predicted octanol–water partition coefficient (Wildman–Crippen LogP) is 3.65. The number of hydrogen-bond acceptors (Lipinski definition) is 3. The second kappa shape index (κ2) is 5.62. The quantitative estimate of drug-likeness (QED) is 0.902. The van der Waals surface area contributed by atoms with Gasteiger partial charge in [-0.2, -0.15) is 0 Å². The minimum atomic E-state index is -0.417. The average molecular weight is 316 g/mol.